The van der Waals surface area contributed by atoms with Crippen molar-refractivity contribution in [1.29, 1.82) is 5.26 Å². The molecule has 2 aromatic rings. The van der Waals surface area contributed by atoms with Crippen LogP contribution in [0.1, 0.15) is 18.3 Å². The van der Waals surface area contributed by atoms with Crippen LogP contribution in [0.5, 0.6) is 0 Å². The largest absolute Gasteiger partial charge is 0.307 e. The summed E-state index contributed by atoms with van der Waals surface area (Å²) in [6.07, 6.45) is 2.27. The van der Waals surface area contributed by atoms with Crippen molar-refractivity contribution < 1.29 is 4.79 Å². The van der Waals surface area contributed by atoms with Crippen LogP contribution in [0.25, 0.3) is 0 Å². The van der Waals surface area contributed by atoms with Crippen LogP contribution in [0.4, 0.5) is 5.69 Å². The summed E-state index contributed by atoms with van der Waals surface area (Å²) < 4.78 is 1.40. The van der Waals surface area contributed by atoms with Crippen molar-refractivity contribution in [2.75, 3.05) is 4.90 Å². The molecule has 1 amide bonds. The molecule has 1 aromatic heterocycles. The summed E-state index contributed by atoms with van der Waals surface area (Å²) in [5, 5.41) is 12.6. The third-order valence-corrected chi connectivity index (χ3v) is 3.41. The van der Waals surface area contributed by atoms with Gasteiger partial charge in [0, 0.05) is 11.7 Å². The number of amides is 1. The molecule has 1 aliphatic rings. The van der Waals surface area contributed by atoms with Crippen LogP contribution in [0.15, 0.2) is 30.6 Å². The van der Waals surface area contributed by atoms with Gasteiger partial charge >= 0.3 is 0 Å². The van der Waals surface area contributed by atoms with Gasteiger partial charge < -0.3 is 4.90 Å². The van der Waals surface area contributed by atoms with Gasteiger partial charge in [0.2, 0.25) is 5.91 Å². The maximum atomic E-state index is 12.4. The van der Waals surface area contributed by atoms with Crippen molar-refractivity contribution >= 4 is 11.6 Å². The Morgan fingerprint density at radius 1 is 1.50 bits per heavy atom. The number of hydrogen-bond acceptors (Lipinski definition) is 4. The van der Waals surface area contributed by atoms with E-state index in [0.717, 1.165) is 12.1 Å². The van der Waals surface area contributed by atoms with Gasteiger partial charge in [0.15, 0.2) is 0 Å². The maximum absolute atomic E-state index is 12.4. The molecular weight excluding hydrogens is 254 g/mol. The fourth-order valence-corrected chi connectivity index (χ4v) is 2.58. The Kier molecular flexibility index (Phi) is 2.95. The van der Waals surface area contributed by atoms with E-state index in [1.165, 1.54) is 16.6 Å². The smallest absolute Gasteiger partial charge is 0.252 e. The zero-order valence-corrected chi connectivity index (χ0v) is 11.0. The minimum atomic E-state index is -0.0446. The Morgan fingerprint density at radius 2 is 2.30 bits per heavy atom. The number of fused-ring (bicyclic) bond motifs is 1. The summed E-state index contributed by atoms with van der Waals surface area (Å²) in [5.74, 6) is 0.0320. The van der Waals surface area contributed by atoms with Gasteiger partial charge in [0.05, 0.1) is 0 Å². The highest BCUT2D eigenvalue weighted by Gasteiger charge is 2.30. The minimum absolute atomic E-state index is 0.0446. The van der Waals surface area contributed by atoms with Crippen LogP contribution < -0.4 is 4.90 Å². The number of benzene rings is 1. The molecule has 20 heavy (non-hydrogen) atoms. The lowest BCUT2D eigenvalue weighted by Gasteiger charge is -2.22. The molecule has 0 radical (unpaired) electrons. The Morgan fingerprint density at radius 3 is 3.05 bits per heavy atom. The average Bonchev–Trinajstić information content (AvgIpc) is 3.01. The quantitative estimate of drug-likeness (QED) is 0.817. The van der Waals surface area contributed by atoms with Crippen LogP contribution in [0.2, 0.25) is 0 Å². The Bertz CT molecular complexity index is 700. The van der Waals surface area contributed by atoms with Crippen molar-refractivity contribution in [3.05, 3.63) is 42.0 Å². The first-order valence-electron chi connectivity index (χ1n) is 6.38. The Labute approximate surface area is 116 Å². The highest BCUT2D eigenvalue weighted by atomic mass is 16.2. The van der Waals surface area contributed by atoms with E-state index in [2.05, 4.69) is 10.1 Å². The number of nitriles is 1. The number of para-hydroxylation sites is 1. The topological polar surface area (TPSA) is 74.8 Å². The molecule has 6 heteroatoms. The SMILES string of the molecule is C[C@@H]1Cc2ccccc2N1C(=O)Cn1cnc(C#N)n1. The van der Waals surface area contributed by atoms with Gasteiger partial charge in [-0.2, -0.15) is 5.26 Å². The van der Waals surface area contributed by atoms with Crippen molar-refractivity contribution in [1.82, 2.24) is 14.8 Å². The normalized spacial score (nSPS) is 16.8. The standard InChI is InChI=1S/C14H13N5O/c1-10-6-11-4-2-3-5-12(11)19(10)14(20)8-18-9-16-13(7-15)17-18/h2-5,9-10H,6,8H2,1H3/t10-/m1/s1. The summed E-state index contributed by atoms with van der Waals surface area (Å²) in [7, 11) is 0. The van der Waals surface area contributed by atoms with Gasteiger partial charge in [-0.05, 0) is 25.0 Å². The number of hydrogen-bond donors (Lipinski definition) is 0. The van der Waals surface area contributed by atoms with Gasteiger partial charge in [-0.1, -0.05) is 18.2 Å². The molecule has 1 aromatic carbocycles. The highest BCUT2D eigenvalue weighted by molar-refractivity contribution is 5.95. The summed E-state index contributed by atoms with van der Waals surface area (Å²) in [6, 6.07) is 9.90. The Balaban J connectivity index is 1.82. The first-order chi connectivity index (χ1) is 9.69. The van der Waals surface area contributed by atoms with Crippen molar-refractivity contribution in [2.24, 2.45) is 0 Å². The van der Waals surface area contributed by atoms with E-state index in [-0.39, 0.29) is 24.3 Å². The zero-order chi connectivity index (χ0) is 14.1. The number of anilines is 1. The summed E-state index contributed by atoms with van der Waals surface area (Å²) in [5.41, 5.74) is 2.15. The molecule has 2 heterocycles. The maximum Gasteiger partial charge on any atom is 0.252 e. The predicted molar refractivity (Wildman–Crippen MR) is 71.8 cm³/mol. The lowest BCUT2D eigenvalue weighted by Crippen LogP contribution is -2.38. The van der Waals surface area contributed by atoms with Gasteiger partial charge in [-0.15, -0.1) is 5.10 Å². The second kappa shape index (κ2) is 4.78. The van der Waals surface area contributed by atoms with Gasteiger partial charge in [-0.3, -0.25) is 4.79 Å². The summed E-state index contributed by atoms with van der Waals surface area (Å²) in [4.78, 5) is 18.0. The third kappa shape index (κ3) is 2.03. The number of nitrogens with zero attached hydrogens (tertiary/aromatic N) is 5. The molecule has 0 aliphatic carbocycles. The number of rotatable bonds is 2. The van der Waals surface area contributed by atoms with E-state index in [4.69, 9.17) is 5.26 Å². The molecule has 0 saturated heterocycles. The molecule has 1 aliphatic heterocycles. The first kappa shape index (κ1) is 12.4. The highest BCUT2D eigenvalue weighted by Crippen LogP contribution is 2.31. The molecule has 0 unspecified atom stereocenters. The fourth-order valence-electron chi connectivity index (χ4n) is 2.58. The molecule has 6 nitrogen and oxygen atoms in total. The van der Waals surface area contributed by atoms with Crippen LogP contribution in [-0.4, -0.2) is 26.7 Å². The summed E-state index contributed by atoms with van der Waals surface area (Å²) in [6.45, 7) is 2.12. The van der Waals surface area contributed by atoms with E-state index in [0.29, 0.717) is 0 Å². The lowest BCUT2D eigenvalue weighted by molar-refractivity contribution is -0.119. The van der Waals surface area contributed by atoms with E-state index < -0.39 is 0 Å². The lowest BCUT2D eigenvalue weighted by atomic mass is 10.1. The van der Waals surface area contributed by atoms with E-state index >= 15 is 0 Å². The van der Waals surface area contributed by atoms with Gasteiger partial charge in [-0.25, -0.2) is 9.67 Å². The molecule has 0 N–H and O–H groups in total. The van der Waals surface area contributed by atoms with Gasteiger partial charge in [0.25, 0.3) is 5.82 Å². The van der Waals surface area contributed by atoms with Crippen molar-refractivity contribution in [3.8, 4) is 6.07 Å². The van der Waals surface area contributed by atoms with E-state index in [9.17, 15) is 4.79 Å². The van der Waals surface area contributed by atoms with Crippen molar-refractivity contribution in [2.45, 2.75) is 25.9 Å². The molecule has 3 rings (SSSR count). The minimum Gasteiger partial charge on any atom is -0.307 e. The molecule has 0 saturated carbocycles. The van der Waals surface area contributed by atoms with Crippen LogP contribution in [0, 0.1) is 11.3 Å². The molecule has 100 valence electrons. The molecule has 1 atom stereocenters. The van der Waals surface area contributed by atoms with E-state index in [1.807, 2.05) is 37.3 Å². The first-order valence-corrected chi connectivity index (χ1v) is 6.38. The number of carbonyl (C=O) groups is 1. The van der Waals surface area contributed by atoms with Crippen LogP contribution >= 0.6 is 0 Å². The second-order valence-corrected chi connectivity index (χ2v) is 4.82. The summed E-state index contributed by atoms with van der Waals surface area (Å²) >= 11 is 0. The molecule has 0 bridgehead atoms. The molecule has 0 spiro atoms. The van der Waals surface area contributed by atoms with Crippen LogP contribution in [0.3, 0.4) is 0 Å². The molecule has 0 fully saturated rings. The zero-order valence-electron chi connectivity index (χ0n) is 11.0. The van der Waals surface area contributed by atoms with Crippen LogP contribution in [-0.2, 0) is 17.8 Å². The molecular formula is C14H13N5O. The average molecular weight is 267 g/mol. The van der Waals surface area contributed by atoms with Crippen molar-refractivity contribution in [3.63, 3.8) is 0 Å². The number of carbonyl (C=O) groups excluding carboxylic acids is 1. The Hall–Kier alpha value is -2.68. The third-order valence-electron chi connectivity index (χ3n) is 3.41. The second-order valence-electron chi connectivity index (χ2n) is 4.82. The van der Waals surface area contributed by atoms with Gasteiger partial charge in [0.1, 0.15) is 18.9 Å². The predicted octanol–water partition coefficient (Wildman–Crippen LogP) is 1.13. The van der Waals surface area contributed by atoms with E-state index in [1.54, 1.807) is 4.90 Å². The number of aromatic nitrogens is 3. The fraction of sp³-hybridized carbons (Fsp3) is 0.286. The monoisotopic (exact) mass is 267 g/mol.